The number of nitrogens with zero attached hydrogens (tertiary/aromatic N) is 1. The molecule has 112 valence electrons. The first-order chi connectivity index (χ1) is 9.95. The topological polar surface area (TPSA) is 57.6 Å². The van der Waals surface area contributed by atoms with Crippen molar-refractivity contribution in [2.75, 3.05) is 13.6 Å². The Kier molecular flexibility index (Phi) is 3.27. The van der Waals surface area contributed by atoms with Crippen molar-refractivity contribution < 1.29 is 14.7 Å². The van der Waals surface area contributed by atoms with Crippen LogP contribution in [0.2, 0.25) is 0 Å². The Bertz CT molecular complexity index is 597. The molecule has 3 unspecified atom stereocenters. The van der Waals surface area contributed by atoms with Crippen LogP contribution in [-0.2, 0) is 21.4 Å². The van der Waals surface area contributed by atoms with Gasteiger partial charge >= 0.3 is 5.97 Å². The molecule has 0 aliphatic heterocycles. The monoisotopic (exact) mass is 287 g/mol. The first-order valence-corrected chi connectivity index (χ1v) is 7.52. The van der Waals surface area contributed by atoms with Gasteiger partial charge in [0.2, 0.25) is 5.91 Å². The summed E-state index contributed by atoms with van der Waals surface area (Å²) in [5, 5.41) is 8.96. The number of carboxylic acids is 1. The minimum absolute atomic E-state index is 0.0344. The molecule has 1 aromatic carbocycles. The lowest BCUT2D eigenvalue weighted by Gasteiger charge is -2.21. The smallest absolute Gasteiger partial charge is 0.308 e. The van der Waals surface area contributed by atoms with Gasteiger partial charge in [-0.05, 0) is 30.4 Å². The Hall–Kier alpha value is -1.84. The van der Waals surface area contributed by atoms with E-state index in [0.29, 0.717) is 0 Å². The van der Waals surface area contributed by atoms with Crippen LogP contribution >= 0.6 is 0 Å². The summed E-state index contributed by atoms with van der Waals surface area (Å²) in [5.41, 5.74) is 2.74. The van der Waals surface area contributed by atoms with Gasteiger partial charge in [0, 0.05) is 24.9 Å². The predicted octanol–water partition coefficient (Wildman–Crippen LogP) is 2.07. The third-order valence-electron chi connectivity index (χ3n) is 5.11. The number of aryl methyl sites for hydroxylation is 1. The number of carbonyl (C=O) groups excluding carboxylic acids is 1. The average Bonchev–Trinajstić information content (AvgIpc) is 3.08. The Balaban J connectivity index is 1.71. The van der Waals surface area contributed by atoms with Crippen molar-refractivity contribution in [1.29, 1.82) is 0 Å². The summed E-state index contributed by atoms with van der Waals surface area (Å²) in [7, 11) is 1.72. The highest BCUT2D eigenvalue weighted by molar-refractivity contribution is 5.85. The average molecular weight is 287 g/mol. The molecule has 1 fully saturated rings. The molecule has 1 N–H and O–H groups in total. The summed E-state index contributed by atoms with van der Waals surface area (Å²) in [4.78, 5) is 25.1. The second-order valence-corrected chi connectivity index (χ2v) is 6.53. The SMILES string of the molecule is CC(CN(C)C(=O)C1CC12CCc1ccccc12)C(=O)O. The summed E-state index contributed by atoms with van der Waals surface area (Å²) < 4.78 is 0. The molecule has 0 bridgehead atoms. The van der Waals surface area contributed by atoms with Gasteiger partial charge in [-0.2, -0.15) is 0 Å². The van der Waals surface area contributed by atoms with Crippen molar-refractivity contribution in [2.24, 2.45) is 11.8 Å². The van der Waals surface area contributed by atoms with Gasteiger partial charge in [0.15, 0.2) is 0 Å². The Morgan fingerprint density at radius 3 is 2.86 bits per heavy atom. The van der Waals surface area contributed by atoms with E-state index >= 15 is 0 Å². The van der Waals surface area contributed by atoms with Crippen molar-refractivity contribution in [3.8, 4) is 0 Å². The largest absolute Gasteiger partial charge is 0.481 e. The molecule has 0 radical (unpaired) electrons. The van der Waals surface area contributed by atoms with Crippen LogP contribution in [0.4, 0.5) is 0 Å². The molecule has 3 atom stereocenters. The molecule has 21 heavy (non-hydrogen) atoms. The van der Waals surface area contributed by atoms with Gasteiger partial charge in [-0.25, -0.2) is 0 Å². The van der Waals surface area contributed by atoms with E-state index in [-0.39, 0.29) is 23.8 Å². The summed E-state index contributed by atoms with van der Waals surface area (Å²) >= 11 is 0. The van der Waals surface area contributed by atoms with E-state index < -0.39 is 11.9 Å². The first kappa shape index (κ1) is 14.1. The molecule has 1 spiro atoms. The first-order valence-electron chi connectivity index (χ1n) is 7.52. The van der Waals surface area contributed by atoms with Crippen molar-refractivity contribution in [3.05, 3.63) is 35.4 Å². The highest BCUT2D eigenvalue weighted by Crippen LogP contribution is 2.61. The molecule has 1 aromatic rings. The van der Waals surface area contributed by atoms with Crippen molar-refractivity contribution >= 4 is 11.9 Å². The lowest BCUT2D eigenvalue weighted by molar-refractivity contribution is -0.142. The van der Waals surface area contributed by atoms with E-state index in [1.165, 1.54) is 11.1 Å². The van der Waals surface area contributed by atoms with E-state index in [4.69, 9.17) is 5.11 Å². The molecule has 3 rings (SSSR count). The van der Waals surface area contributed by atoms with E-state index in [1.807, 2.05) is 6.07 Å². The molecule has 4 nitrogen and oxygen atoms in total. The number of amides is 1. The Morgan fingerprint density at radius 1 is 1.43 bits per heavy atom. The number of aliphatic carboxylic acids is 1. The summed E-state index contributed by atoms with van der Waals surface area (Å²) in [6.45, 7) is 1.92. The van der Waals surface area contributed by atoms with Crippen LogP contribution in [0.5, 0.6) is 0 Å². The molecule has 0 heterocycles. The van der Waals surface area contributed by atoms with Crippen molar-refractivity contribution in [3.63, 3.8) is 0 Å². The lowest BCUT2D eigenvalue weighted by atomic mass is 9.95. The maximum Gasteiger partial charge on any atom is 0.308 e. The normalized spacial score (nSPS) is 27.2. The Labute approximate surface area is 124 Å². The molecule has 0 saturated heterocycles. The minimum Gasteiger partial charge on any atom is -0.481 e. The maximum atomic E-state index is 12.6. The zero-order valence-electron chi connectivity index (χ0n) is 12.5. The minimum atomic E-state index is -0.855. The molecule has 0 aromatic heterocycles. The second kappa shape index (κ2) is 4.86. The van der Waals surface area contributed by atoms with E-state index in [2.05, 4.69) is 18.2 Å². The molecule has 2 aliphatic carbocycles. The molecule has 1 amide bonds. The third-order valence-corrected chi connectivity index (χ3v) is 5.11. The van der Waals surface area contributed by atoms with Crippen molar-refractivity contribution in [2.45, 2.75) is 31.6 Å². The Morgan fingerprint density at radius 2 is 2.14 bits per heavy atom. The quantitative estimate of drug-likeness (QED) is 0.922. The summed E-state index contributed by atoms with van der Waals surface area (Å²) in [6.07, 6.45) is 3.01. The fraction of sp³-hybridized carbons (Fsp3) is 0.529. The van der Waals surface area contributed by atoms with Gasteiger partial charge in [0.05, 0.1) is 5.92 Å². The summed E-state index contributed by atoms with van der Waals surface area (Å²) in [5.74, 6) is -1.25. The summed E-state index contributed by atoms with van der Waals surface area (Å²) in [6, 6.07) is 8.40. The second-order valence-electron chi connectivity index (χ2n) is 6.53. The van der Waals surface area contributed by atoms with Crippen molar-refractivity contribution in [1.82, 2.24) is 4.90 Å². The van der Waals surface area contributed by atoms with Crippen LogP contribution in [0.3, 0.4) is 0 Å². The molecular weight excluding hydrogens is 266 g/mol. The highest BCUT2D eigenvalue weighted by atomic mass is 16.4. The molecule has 4 heteroatoms. The van der Waals surface area contributed by atoms with E-state index in [1.54, 1.807) is 18.9 Å². The zero-order valence-corrected chi connectivity index (χ0v) is 12.5. The van der Waals surface area contributed by atoms with Crippen LogP contribution < -0.4 is 0 Å². The van der Waals surface area contributed by atoms with Crippen LogP contribution in [0.15, 0.2) is 24.3 Å². The number of fused-ring (bicyclic) bond motifs is 2. The van der Waals surface area contributed by atoms with Gasteiger partial charge in [-0.3, -0.25) is 9.59 Å². The number of rotatable bonds is 4. The van der Waals surface area contributed by atoms with E-state index in [9.17, 15) is 9.59 Å². The van der Waals surface area contributed by atoms with Gasteiger partial charge in [-0.1, -0.05) is 31.2 Å². The molecule has 2 aliphatic rings. The van der Waals surface area contributed by atoms with Gasteiger partial charge in [0.25, 0.3) is 0 Å². The number of hydrogen-bond acceptors (Lipinski definition) is 2. The fourth-order valence-corrected chi connectivity index (χ4v) is 3.76. The predicted molar refractivity (Wildman–Crippen MR) is 79.0 cm³/mol. The van der Waals surface area contributed by atoms with Crippen LogP contribution in [0, 0.1) is 11.8 Å². The third kappa shape index (κ3) is 2.23. The maximum absolute atomic E-state index is 12.6. The van der Waals surface area contributed by atoms with Gasteiger partial charge in [-0.15, -0.1) is 0 Å². The van der Waals surface area contributed by atoms with Crippen LogP contribution in [0.25, 0.3) is 0 Å². The molecular formula is C17H21NO3. The highest BCUT2D eigenvalue weighted by Gasteiger charge is 2.61. The van der Waals surface area contributed by atoms with Crippen LogP contribution in [-0.4, -0.2) is 35.5 Å². The fourth-order valence-electron chi connectivity index (χ4n) is 3.76. The number of carbonyl (C=O) groups is 2. The van der Waals surface area contributed by atoms with Gasteiger partial charge in [0.1, 0.15) is 0 Å². The lowest BCUT2D eigenvalue weighted by Crippen LogP contribution is -2.36. The number of benzene rings is 1. The standard InChI is InChI=1S/C17H21NO3/c1-11(16(20)21)10-18(2)15(19)14-9-17(14)8-7-12-5-3-4-6-13(12)17/h3-6,11,14H,7-10H2,1-2H3,(H,20,21). The number of carboxylic acid groups (broad SMARTS) is 1. The van der Waals surface area contributed by atoms with E-state index in [0.717, 1.165) is 19.3 Å². The number of hydrogen-bond donors (Lipinski definition) is 1. The van der Waals surface area contributed by atoms with Gasteiger partial charge < -0.3 is 10.0 Å². The molecule has 1 saturated carbocycles. The van der Waals surface area contributed by atoms with Crippen LogP contribution in [0.1, 0.15) is 30.9 Å². The zero-order chi connectivity index (χ0) is 15.2.